The van der Waals surface area contributed by atoms with Gasteiger partial charge in [0.15, 0.2) is 0 Å². The lowest BCUT2D eigenvalue weighted by Gasteiger charge is -2.30. The van der Waals surface area contributed by atoms with E-state index in [0.29, 0.717) is 11.6 Å². The zero-order valence-corrected chi connectivity index (χ0v) is 14.4. The van der Waals surface area contributed by atoms with E-state index < -0.39 is 7.05 Å². The summed E-state index contributed by atoms with van der Waals surface area (Å²) in [5.41, 5.74) is 3.34. The van der Waals surface area contributed by atoms with Gasteiger partial charge < -0.3 is 14.6 Å². The molecule has 26 heavy (non-hydrogen) atoms. The van der Waals surface area contributed by atoms with Crippen LogP contribution in [0.1, 0.15) is 0 Å². The number of aliphatic imine (C=N–C) groups is 1. The molecule has 0 spiro atoms. The Morgan fingerprint density at radius 2 is 1.85 bits per heavy atom. The summed E-state index contributed by atoms with van der Waals surface area (Å²) in [5, 5.41) is 9.95. The predicted octanol–water partition coefficient (Wildman–Crippen LogP) is 4.51. The van der Waals surface area contributed by atoms with Crippen molar-refractivity contribution in [1.82, 2.24) is 0 Å². The molecule has 0 aliphatic carbocycles. The molecule has 0 fully saturated rings. The van der Waals surface area contributed by atoms with Gasteiger partial charge in [0.25, 0.3) is 0 Å². The molecule has 1 N–H and O–H groups in total. The molecule has 2 heterocycles. The Morgan fingerprint density at radius 1 is 1.08 bits per heavy atom. The Balaban J connectivity index is 2.32. The molecule has 1 aromatic carbocycles. The van der Waals surface area contributed by atoms with Crippen molar-refractivity contribution in [3.05, 3.63) is 103 Å². The molecule has 2 aliphatic rings. The van der Waals surface area contributed by atoms with Gasteiger partial charge in [0.2, 0.25) is 0 Å². The van der Waals surface area contributed by atoms with E-state index in [2.05, 4.69) is 31.3 Å². The third kappa shape index (κ3) is 2.73. The van der Waals surface area contributed by atoms with Gasteiger partial charge in [0.1, 0.15) is 17.3 Å². The van der Waals surface area contributed by atoms with Crippen LogP contribution in [0.5, 0.6) is 11.5 Å². The molecule has 0 aromatic heterocycles. The first-order chi connectivity index (χ1) is 12.7. The number of allylic oxidation sites excluding steroid dienone is 9. The second kappa shape index (κ2) is 7.19. The number of rotatable bonds is 6. The summed E-state index contributed by atoms with van der Waals surface area (Å²) < 4.78 is 6.17. The van der Waals surface area contributed by atoms with E-state index >= 15 is 0 Å². The van der Waals surface area contributed by atoms with Gasteiger partial charge in [-0.3, -0.25) is 0 Å². The lowest BCUT2D eigenvalue weighted by Crippen LogP contribution is -2.44. The summed E-state index contributed by atoms with van der Waals surface area (Å²) in [7, 11) is -0.434. The average molecular weight is 342 g/mol. The third-order valence-corrected chi connectivity index (χ3v) is 4.13. The molecule has 128 valence electrons. The zero-order valence-electron chi connectivity index (χ0n) is 14.4. The van der Waals surface area contributed by atoms with Gasteiger partial charge in [-0.05, 0) is 23.2 Å². The van der Waals surface area contributed by atoms with Crippen molar-refractivity contribution < 1.29 is 9.76 Å². The number of anilines is 1. The number of hydrogen-bond donors (Lipinski definition) is 1. The van der Waals surface area contributed by atoms with E-state index in [4.69, 9.17) is 4.65 Å². The molecule has 0 bridgehead atoms. The van der Waals surface area contributed by atoms with Crippen LogP contribution in [0.25, 0.3) is 0 Å². The van der Waals surface area contributed by atoms with Crippen molar-refractivity contribution in [3.63, 3.8) is 0 Å². The van der Waals surface area contributed by atoms with E-state index in [1.54, 1.807) is 48.7 Å². The average Bonchev–Trinajstić information content (AvgIpc) is 3.02. The van der Waals surface area contributed by atoms with Gasteiger partial charge in [0, 0.05) is 17.9 Å². The molecule has 0 radical (unpaired) electrons. The summed E-state index contributed by atoms with van der Waals surface area (Å²) in [6.45, 7) is 15.3. The van der Waals surface area contributed by atoms with Crippen molar-refractivity contribution in [3.8, 4) is 11.5 Å². The molecule has 0 unspecified atom stereocenters. The zero-order chi connectivity index (χ0) is 18.7. The molecular formula is C21H19BN2O2. The largest absolute Gasteiger partial charge is 0.536 e. The quantitative estimate of drug-likeness (QED) is 0.470. The molecule has 4 nitrogen and oxygen atoms in total. The topological polar surface area (TPSA) is 45.1 Å². The fourth-order valence-electron chi connectivity index (χ4n) is 3.09. The van der Waals surface area contributed by atoms with Gasteiger partial charge in [-0.2, -0.15) is 0 Å². The number of phenols is 1. The summed E-state index contributed by atoms with van der Waals surface area (Å²) in [6, 6.07) is 5.00. The summed E-state index contributed by atoms with van der Waals surface area (Å²) >= 11 is 0. The fourth-order valence-corrected chi connectivity index (χ4v) is 3.09. The monoisotopic (exact) mass is 342 g/mol. The minimum Gasteiger partial charge on any atom is -0.536 e. The minimum atomic E-state index is -0.434. The first-order valence-electron chi connectivity index (χ1n) is 8.13. The molecular weight excluding hydrogens is 323 g/mol. The van der Waals surface area contributed by atoms with Gasteiger partial charge in [0.05, 0.1) is 5.69 Å². The second-order valence-corrected chi connectivity index (χ2v) is 5.62. The van der Waals surface area contributed by atoms with Crippen LogP contribution in [-0.4, -0.2) is 18.4 Å². The standard InChI is InChI=1S/C21H19BN2O2/c1-5-9-10-18-16(7-3)17(8-4)21(23-13-6-2)24-19-14-15(25)11-12-20(19)26-22(18)24/h5-14,25H,1-4H2/b10-9-,23-13?. The van der Waals surface area contributed by atoms with Crippen LogP contribution in [0, 0.1) is 0 Å². The first-order valence-corrected chi connectivity index (χ1v) is 8.13. The van der Waals surface area contributed by atoms with E-state index in [0.717, 1.165) is 22.3 Å². The number of hydrogen-bond acceptors (Lipinski definition) is 4. The highest BCUT2D eigenvalue weighted by Gasteiger charge is 2.46. The Kier molecular flexibility index (Phi) is 4.80. The second-order valence-electron chi connectivity index (χ2n) is 5.62. The number of aromatic hydroxyl groups is 1. The van der Waals surface area contributed by atoms with Crippen LogP contribution in [-0.2, 0) is 0 Å². The van der Waals surface area contributed by atoms with Crippen LogP contribution in [0.4, 0.5) is 5.69 Å². The molecule has 5 heteroatoms. The highest BCUT2D eigenvalue weighted by molar-refractivity contribution is 6.69. The van der Waals surface area contributed by atoms with Gasteiger partial charge in [-0.25, -0.2) is 4.99 Å². The smallest absolute Gasteiger partial charge is 0.526 e. The van der Waals surface area contributed by atoms with Crippen LogP contribution >= 0.6 is 0 Å². The van der Waals surface area contributed by atoms with Crippen molar-refractivity contribution in [2.45, 2.75) is 0 Å². The molecule has 0 amide bonds. The Bertz CT molecular complexity index is 922. The number of nitrogens with zero attached hydrogens (tertiary/aromatic N) is 2. The van der Waals surface area contributed by atoms with E-state index in [1.165, 1.54) is 0 Å². The maximum Gasteiger partial charge on any atom is 0.526 e. The number of phenolic OH excluding ortho intramolecular Hbond substituents is 1. The Hall–Kier alpha value is -3.47. The van der Waals surface area contributed by atoms with Gasteiger partial charge in [-0.15, -0.1) is 0 Å². The molecule has 0 atom stereocenters. The van der Waals surface area contributed by atoms with Crippen molar-refractivity contribution >= 4 is 19.0 Å². The Morgan fingerprint density at radius 3 is 2.50 bits per heavy atom. The fraction of sp³-hybridized carbons (Fsp3) is 0. The molecule has 1 aromatic rings. The van der Waals surface area contributed by atoms with Crippen molar-refractivity contribution in [1.29, 1.82) is 0 Å². The van der Waals surface area contributed by atoms with E-state index in [1.807, 2.05) is 17.0 Å². The third-order valence-electron chi connectivity index (χ3n) is 4.13. The molecule has 0 saturated heterocycles. The molecule has 2 aliphatic heterocycles. The van der Waals surface area contributed by atoms with Gasteiger partial charge in [-0.1, -0.05) is 62.8 Å². The maximum atomic E-state index is 9.95. The highest BCUT2D eigenvalue weighted by Crippen LogP contribution is 2.46. The van der Waals surface area contributed by atoms with Gasteiger partial charge >= 0.3 is 7.05 Å². The lowest BCUT2D eigenvalue weighted by molar-refractivity contribution is 0.474. The maximum absolute atomic E-state index is 9.95. The van der Waals surface area contributed by atoms with Crippen molar-refractivity contribution in [2.75, 3.05) is 4.81 Å². The normalized spacial score (nSPS) is 16.0. The minimum absolute atomic E-state index is 0.155. The molecule has 3 rings (SSSR count). The highest BCUT2D eigenvalue weighted by atomic mass is 16.5. The SMILES string of the molecule is C=CC=NC1=C(C=C)C(C=C)=C(/C=C\C=C)B2Oc3ccc(O)cc3N21. The number of fused-ring (bicyclic) bond motifs is 3. The van der Waals surface area contributed by atoms with Crippen LogP contribution in [0.3, 0.4) is 0 Å². The number of benzene rings is 1. The first kappa shape index (κ1) is 17.4. The summed E-state index contributed by atoms with van der Waals surface area (Å²) in [5.74, 6) is 1.47. The lowest BCUT2D eigenvalue weighted by atomic mass is 9.64. The Labute approximate surface area is 154 Å². The predicted molar refractivity (Wildman–Crippen MR) is 109 cm³/mol. The van der Waals surface area contributed by atoms with E-state index in [-0.39, 0.29) is 5.75 Å². The van der Waals surface area contributed by atoms with E-state index in [9.17, 15) is 5.11 Å². The molecule has 0 saturated carbocycles. The van der Waals surface area contributed by atoms with Crippen molar-refractivity contribution in [2.24, 2.45) is 4.99 Å². The van der Waals surface area contributed by atoms with Crippen LogP contribution < -0.4 is 9.47 Å². The van der Waals surface area contributed by atoms with Crippen LogP contribution in [0.15, 0.2) is 108 Å². The summed E-state index contributed by atoms with van der Waals surface area (Å²) in [4.78, 5) is 6.47. The van der Waals surface area contributed by atoms with Crippen LogP contribution in [0.2, 0.25) is 0 Å². The summed E-state index contributed by atoms with van der Waals surface area (Å²) in [6.07, 6.45) is 12.2.